The van der Waals surface area contributed by atoms with E-state index in [1.807, 2.05) is 24.3 Å². The van der Waals surface area contributed by atoms with Gasteiger partial charge in [-0.2, -0.15) is 0 Å². The molecule has 0 aliphatic carbocycles. The molecule has 0 radical (unpaired) electrons. The van der Waals surface area contributed by atoms with Crippen molar-refractivity contribution in [1.29, 1.82) is 0 Å². The Hall–Kier alpha value is -2.55. The molecule has 0 aliphatic heterocycles. The number of aryl methyl sites for hydroxylation is 2. The van der Waals surface area contributed by atoms with Crippen molar-refractivity contribution in [2.24, 2.45) is 0 Å². The summed E-state index contributed by atoms with van der Waals surface area (Å²) >= 11 is 0. The summed E-state index contributed by atoms with van der Waals surface area (Å²) in [4.78, 5) is 13.6. The fourth-order valence-corrected chi connectivity index (χ4v) is 2.84. The largest absolute Gasteiger partial charge is 0.422 e. The molecular formula is C23H29NO2. The van der Waals surface area contributed by atoms with Gasteiger partial charge in [-0.15, -0.1) is 0 Å². The van der Waals surface area contributed by atoms with E-state index in [9.17, 15) is 4.79 Å². The van der Waals surface area contributed by atoms with E-state index in [1.54, 1.807) is 19.0 Å². The minimum Gasteiger partial charge on any atom is -0.422 e. The highest BCUT2D eigenvalue weighted by Gasteiger charge is 2.12. The molecule has 0 heterocycles. The average molecular weight is 351 g/mol. The summed E-state index contributed by atoms with van der Waals surface area (Å²) in [5.41, 5.74) is 5.31. The summed E-state index contributed by atoms with van der Waals surface area (Å²) in [6, 6.07) is 14.3. The van der Waals surface area contributed by atoms with Crippen LogP contribution in [0.25, 0.3) is 11.1 Å². The van der Waals surface area contributed by atoms with Gasteiger partial charge in [0.05, 0.1) is 0 Å². The maximum absolute atomic E-state index is 11.9. The highest BCUT2D eigenvalue weighted by molar-refractivity contribution is 5.88. The zero-order chi connectivity index (χ0) is 19.1. The third kappa shape index (κ3) is 5.22. The van der Waals surface area contributed by atoms with Gasteiger partial charge in [0.1, 0.15) is 11.4 Å². The minimum absolute atomic E-state index is 0.323. The van der Waals surface area contributed by atoms with Crippen LogP contribution in [-0.4, -0.2) is 25.0 Å². The molecule has 26 heavy (non-hydrogen) atoms. The molecule has 138 valence electrons. The Morgan fingerprint density at radius 1 is 1.08 bits per heavy atom. The zero-order valence-corrected chi connectivity index (χ0v) is 16.3. The number of hydrogen-bond donors (Lipinski definition) is 0. The van der Waals surface area contributed by atoms with E-state index < -0.39 is 5.97 Å². The van der Waals surface area contributed by atoms with Gasteiger partial charge < -0.3 is 9.64 Å². The predicted molar refractivity (Wildman–Crippen MR) is 108 cm³/mol. The van der Waals surface area contributed by atoms with Crippen molar-refractivity contribution < 1.29 is 9.53 Å². The Morgan fingerprint density at radius 3 is 2.35 bits per heavy atom. The quantitative estimate of drug-likeness (QED) is 0.277. The molecule has 0 spiro atoms. The van der Waals surface area contributed by atoms with Gasteiger partial charge in [-0.3, -0.25) is 0 Å². The molecule has 0 saturated carbocycles. The molecule has 0 amide bonds. The van der Waals surface area contributed by atoms with E-state index in [1.165, 1.54) is 36.0 Å². The molecule has 3 nitrogen and oxygen atoms in total. The van der Waals surface area contributed by atoms with Crippen molar-refractivity contribution in [3.05, 3.63) is 65.9 Å². The Kier molecular flexibility index (Phi) is 7.02. The van der Waals surface area contributed by atoms with Gasteiger partial charge in [0.2, 0.25) is 0 Å². The summed E-state index contributed by atoms with van der Waals surface area (Å²) in [6.45, 7) is 8.09. The lowest BCUT2D eigenvalue weighted by molar-refractivity contribution is -0.131. The number of nitrogens with zero attached hydrogens (tertiary/aromatic N) is 1. The Morgan fingerprint density at radius 2 is 1.77 bits per heavy atom. The number of hydrogen-bond acceptors (Lipinski definition) is 3. The maximum atomic E-state index is 11.9. The Balaban J connectivity index is 2.08. The maximum Gasteiger partial charge on any atom is 0.359 e. The number of ether oxygens (including phenoxy) is 1. The second-order valence-corrected chi connectivity index (χ2v) is 6.86. The average Bonchev–Trinajstić information content (AvgIpc) is 2.62. The van der Waals surface area contributed by atoms with E-state index in [0.29, 0.717) is 11.4 Å². The summed E-state index contributed by atoms with van der Waals surface area (Å²) in [5, 5.41) is 0. The second kappa shape index (κ2) is 9.23. The normalized spacial score (nSPS) is 10.5. The lowest BCUT2D eigenvalue weighted by atomic mass is 9.96. The first-order chi connectivity index (χ1) is 12.4. The van der Waals surface area contributed by atoms with Crippen molar-refractivity contribution in [2.45, 2.75) is 39.5 Å². The van der Waals surface area contributed by atoms with Gasteiger partial charge in [-0.1, -0.05) is 56.7 Å². The molecule has 3 heteroatoms. The van der Waals surface area contributed by atoms with Gasteiger partial charge >= 0.3 is 5.97 Å². The molecule has 0 unspecified atom stereocenters. The van der Waals surface area contributed by atoms with E-state index in [4.69, 9.17) is 4.74 Å². The van der Waals surface area contributed by atoms with Crippen molar-refractivity contribution in [1.82, 2.24) is 4.90 Å². The predicted octanol–water partition coefficient (Wildman–Crippen LogP) is 5.38. The second-order valence-electron chi connectivity index (χ2n) is 6.86. The first-order valence-corrected chi connectivity index (χ1v) is 9.20. The number of likely N-dealkylation sites (N-methyl/N-ethyl adjacent to an activating group) is 1. The van der Waals surface area contributed by atoms with Crippen LogP contribution in [0.15, 0.2) is 54.7 Å². The van der Waals surface area contributed by atoms with Crippen molar-refractivity contribution in [3.8, 4) is 16.9 Å². The molecule has 0 N–H and O–H groups in total. The Labute approximate surface area is 157 Å². The highest BCUT2D eigenvalue weighted by atomic mass is 16.5. The first kappa shape index (κ1) is 19.8. The van der Waals surface area contributed by atoms with Crippen LogP contribution in [0, 0.1) is 6.92 Å². The monoisotopic (exact) mass is 351 g/mol. The fraction of sp³-hybridized carbons (Fsp3) is 0.348. The molecule has 0 aliphatic rings. The van der Waals surface area contributed by atoms with E-state index in [-0.39, 0.29) is 0 Å². The lowest BCUT2D eigenvalue weighted by Crippen LogP contribution is -2.22. The van der Waals surface area contributed by atoms with Crippen LogP contribution in [0.2, 0.25) is 0 Å². The summed E-state index contributed by atoms with van der Waals surface area (Å²) in [5.74, 6) is 0.0888. The zero-order valence-electron chi connectivity index (χ0n) is 16.3. The smallest absolute Gasteiger partial charge is 0.359 e. The molecular weight excluding hydrogens is 322 g/mol. The van der Waals surface area contributed by atoms with E-state index in [0.717, 1.165) is 12.0 Å². The van der Waals surface area contributed by atoms with E-state index in [2.05, 4.69) is 38.6 Å². The summed E-state index contributed by atoms with van der Waals surface area (Å²) in [6.07, 6.45) is 4.91. The van der Waals surface area contributed by atoms with Gasteiger partial charge in [-0.25, -0.2) is 4.79 Å². The molecule has 2 aromatic carbocycles. The number of esters is 1. The highest BCUT2D eigenvalue weighted by Crippen LogP contribution is 2.27. The van der Waals surface area contributed by atoms with Crippen LogP contribution in [0.5, 0.6) is 5.75 Å². The number of carbonyl (C=O) groups excluding carboxylic acids is 1. The van der Waals surface area contributed by atoms with Gasteiger partial charge in [0.25, 0.3) is 0 Å². The third-order valence-corrected chi connectivity index (χ3v) is 4.51. The number of unbranched alkanes of at least 4 members (excludes halogenated alkanes) is 2. The molecule has 2 aromatic rings. The number of carbonyl (C=O) groups is 1. The summed E-state index contributed by atoms with van der Waals surface area (Å²) in [7, 11) is 3.53. The van der Waals surface area contributed by atoms with Gasteiger partial charge in [0, 0.05) is 14.1 Å². The molecule has 2 rings (SSSR count). The van der Waals surface area contributed by atoms with Crippen molar-refractivity contribution in [3.63, 3.8) is 0 Å². The molecule has 0 fully saturated rings. The SMILES string of the molecule is C=C(C(=O)Oc1ccc(-c2ccc(CCCCC)cc2C)cc1)N(C)C. The Bertz CT molecular complexity index is 760. The van der Waals surface area contributed by atoms with Gasteiger partial charge in [0.15, 0.2) is 0 Å². The van der Waals surface area contributed by atoms with Crippen LogP contribution < -0.4 is 4.74 Å². The third-order valence-electron chi connectivity index (χ3n) is 4.51. The fourth-order valence-electron chi connectivity index (χ4n) is 2.84. The van der Waals surface area contributed by atoms with Crippen LogP contribution in [-0.2, 0) is 11.2 Å². The first-order valence-electron chi connectivity index (χ1n) is 9.20. The van der Waals surface area contributed by atoms with Crippen molar-refractivity contribution in [2.75, 3.05) is 14.1 Å². The number of benzene rings is 2. The topological polar surface area (TPSA) is 29.5 Å². The lowest BCUT2D eigenvalue weighted by Gasteiger charge is -2.14. The number of rotatable bonds is 8. The van der Waals surface area contributed by atoms with Crippen molar-refractivity contribution >= 4 is 5.97 Å². The minimum atomic E-state index is -0.435. The molecule has 0 bridgehead atoms. The molecule has 0 aromatic heterocycles. The van der Waals surface area contributed by atoms with Crippen LogP contribution in [0.4, 0.5) is 0 Å². The van der Waals surface area contributed by atoms with Crippen LogP contribution >= 0.6 is 0 Å². The van der Waals surface area contributed by atoms with E-state index >= 15 is 0 Å². The standard InChI is InChI=1S/C23H29NO2/c1-6-7-8-9-19-10-15-22(17(2)16-19)20-11-13-21(14-12-20)26-23(25)18(3)24(4)5/h10-16H,3,6-9H2,1-2,4-5H3. The molecule has 0 atom stereocenters. The van der Waals surface area contributed by atoms with Crippen LogP contribution in [0.3, 0.4) is 0 Å². The van der Waals surface area contributed by atoms with Gasteiger partial charge in [-0.05, 0) is 54.2 Å². The van der Waals surface area contributed by atoms with Crippen LogP contribution in [0.1, 0.15) is 37.3 Å². The molecule has 0 saturated heterocycles. The summed E-state index contributed by atoms with van der Waals surface area (Å²) < 4.78 is 5.35.